The number of allylic oxidation sites excluding steroid dienone is 1. The van der Waals surface area contributed by atoms with Gasteiger partial charge < -0.3 is 14.9 Å². The summed E-state index contributed by atoms with van der Waals surface area (Å²) in [6, 6.07) is 3.78. The first-order valence-electron chi connectivity index (χ1n) is 10.5. The van der Waals surface area contributed by atoms with E-state index in [0.29, 0.717) is 18.6 Å². The summed E-state index contributed by atoms with van der Waals surface area (Å²) in [4.78, 5) is 0. The Balaban J connectivity index is 1.84. The molecule has 1 aliphatic carbocycles. The fraction of sp³-hybridized carbons (Fsp3) is 0.619. The van der Waals surface area contributed by atoms with Gasteiger partial charge in [0.15, 0.2) is 0 Å². The van der Waals surface area contributed by atoms with Crippen LogP contribution in [0.15, 0.2) is 23.8 Å². The van der Waals surface area contributed by atoms with Gasteiger partial charge in [-0.05, 0) is 62.8 Å². The van der Waals surface area contributed by atoms with Gasteiger partial charge in [-0.1, -0.05) is 25.8 Å². The molecule has 0 bridgehead atoms. The lowest BCUT2D eigenvalue weighted by Gasteiger charge is -2.46. The predicted molar refractivity (Wildman–Crippen MR) is 96.7 cm³/mol. The summed E-state index contributed by atoms with van der Waals surface area (Å²) < 4.78 is 28.2. The number of fused-ring (bicyclic) bond motifs is 3. The van der Waals surface area contributed by atoms with E-state index in [4.69, 9.17) is 8.85 Å². The number of benzene rings is 1. The quantitative estimate of drug-likeness (QED) is 0.606. The van der Waals surface area contributed by atoms with Crippen molar-refractivity contribution in [2.24, 2.45) is 5.92 Å². The number of hydrogen-bond acceptors (Lipinski definition) is 3. The van der Waals surface area contributed by atoms with Crippen molar-refractivity contribution in [3.8, 4) is 11.5 Å². The number of hydrogen-bond donors (Lipinski definition) is 2. The Morgan fingerprint density at radius 1 is 1.33 bits per heavy atom. The fourth-order valence-electron chi connectivity index (χ4n) is 4.21. The first-order valence-corrected chi connectivity index (χ1v) is 8.96. The lowest BCUT2D eigenvalue weighted by atomic mass is 9.68. The topological polar surface area (TPSA) is 49.7 Å². The van der Waals surface area contributed by atoms with E-state index in [1.54, 1.807) is 6.07 Å². The van der Waals surface area contributed by atoms with Gasteiger partial charge in [0.2, 0.25) is 0 Å². The molecule has 0 saturated heterocycles. The van der Waals surface area contributed by atoms with Crippen molar-refractivity contribution in [1.82, 2.24) is 0 Å². The highest BCUT2D eigenvalue weighted by molar-refractivity contribution is 5.54. The van der Waals surface area contributed by atoms with Crippen LogP contribution in [-0.4, -0.2) is 22.4 Å². The maximum Gasteiger partial charge on any atom is 0.127 e. The number of aliphatic hydroxyl groups is 1. The SMILES string of the molecule is [2H]C([2H])([2H])CCCCc1cc(O)c2c(c1)OC(C)(C)[C@@H]1CCC(CO)=C[C@@H]21. The monoisotopic (exact) mass is 333 g/mol. The number of phenolic OH excluding ortho intramolecular Hbond substituents is 1. The molecule has 1 heterocycles. The number of ether oxygens (including phenoxy) is 1. The molecule has 0 aromatic heterocycles. The highest BCUT2D eigenvalue weighted by atomic mass is 16.5. The smallest absolute Gasteiger partial charge is 0.127 e. The normalized spacial score (nSPS) is 27.0. The Morgan fingerprint density at radius 2 is 2.17 bits per heavy atom. The zero-order chi connectivity index (χ0) is 19.8. The standard InChI is InChI=1S/C21H30O3/c1-4-5-6-7-14-11-18(23)20-16-10-15(13-22)8-9-17(16)21(2,3)24-19(20)12-14/h10-12,16-17,22-23H,4-9,13H2,1-3H3/t16-,17-/m1/s1/i1D3. The third-order valence-electron chi connectivity index (χ3n) is 5.50. The van der Waals surface area contributed by atoms with E-state index in [1.165, 1.54) is 0 Å². The van der Waals surface area contributed by atoms with Gasteiger partial charge in [-0.15, -0.1) is 0 Å². The third kappa shape index (κ3) is 3.19. The first-order chi connectivity index (χ1) is 12.6. The van der Waals surface area contributed by atoms with Crippen LogP contribution in [-0.2, 0) is 6.42 Å². The van der Waals surface area contributed by atoms with Crippen LogP contribution >= 0.6 is 0 Å². The van der Waals surface area contributed by atoms with Crippen LogP contribution in [0.2, 0.25) is 0 Å². The lowest BCUT2D eigenvalue weighted by Crippen LogP contribution is -2.45. The van der Waals surface area contributed by atoms with Gasteiger partial charge in [0.1, 0.15) is 17.1 Å². The van der Waals surface area contributed by atoms with Crippen molar-refractivity contribution >= 4 is 0 Å². The Morgan fingerprint density at radius 3 is 2.92 bits per heavy atom. The minimum atomic E-state index is -1.88. The van der Waals surface area contributed by atoms with Crippen LogP contribution in [0.1, 0.15) is 74.0 Å². The van der Waals surface area contributed by atoms with Crippen molar-refractivity contribution in [3.05, 3.63) is 34.9 Å². The Labute approximate surface area is 149 Å². The van der Waals surface area contributed by atoms with Gasteiger partial charge in [0, 0.05) is 21.5 Å². The summed E-state index contributed by atoms with van der Waals surface area (Å²) >= 11 is 0. The minimum Gasteiger partial charge on any atom is -0.507 e. The van der Waals surface area contributed by atoms with Crippen molar-refractivity contribution in [2.45, 2.75) is 70.7 Å². The van der Waals surface area contributed by atoms with E-state index in [9.17, 15) is 10.2 Å². The molecule has 1 aliphatic heterocycles. The third-order valence-corrected chi connectivity index (χ3v) is 5.50. The van der Waals surface area contributed by atoms with E-state index >= 15 is 0 Å². The first kappa shape index (κ1) is 13.8. The maximum atomic E-state index is 10.7. The number of phenols is 1. The number of rotatable bonds is 5. The zero-order valence-corrected chi connectivity index (χ0v) is 14.6. The molecule has 3 heteroatoms. The summed E-state index contributed by atoms with van der Waals surface area (Å²) in [5.74, 6) is 1.25. The summed E-state index contributed by atoms with van der Waals surface area (Å²) in [7, 11) is 0. The zero-order valence-electron chi connectivity index (χ0n) is 17.6. The lowest BCUT2D eigenvalue weighted by molar-refractivity contribution is 0.0100. The van der Waals surface area contributed by atoms with Crippen molar-refractivity contribution in [2.75, 3.05) is 6.61 Å². The van der Waals surface area contributed by atoms with Crippen LogP contribution in [0, 0.1) is 5.92 Å². The van der Waals surface area contributed by atoms with Crippen LogP contribution < -0.4 is 4.74 Å². The number of aryl methyl sites for hydroxylation is 1. The number of aliphatic hydroxyl groups excluding tert-OH is 1. The van der Waals surface area contributed by atoms with Gasteiger partial charge in [0.05, 0.1) is 6.61 Å². The van der Waals surface area contributed by atoms with Crippen LogP contribution in [0.4, 0.5) is 0 Å². The van der Waals surface area contributed by atoms with E-state index in [2.05, 4.69) is 19.9 Å². The molecule has 132 valence electrons. The molecule has 24 heavy (non-hydrogen) atoms. The number of unbranched alkanes of at least 4 members (excludes halogenated alkanes) is 1. The Bertz CT molecular complexity index is 722. The van der Waals surface area contributed by atoms with Gasteiger partial charge in [-0.25, -0.2) is 0 Å². The average molecular weight is 333 g/mol. The second-order valence-electron chi connectivity index (χ2n) is 7.59. The molecule has 0 amide bonds. The molecule has 0 fully saturated rings. The van der Waals surface area contributed by atoms with E-state index in [1.807, 2.05) is 6.07 Å². The van der Waals surface area contributed by atoms with Crippen molar-refractivity contribution in [3.63, 3.8) is 0 Å². The molecule has 2 atom stereocenters. The highest BCUT2D eigenvalue weighted by Gasteiger charge is 2.45. The molecule has 3 rings (SSSR count). The summed E-state index contributed by atoms with van der Waals surface area (Å²) in [5, 5.41) is 20.3. The highest BCUT2D eigenvalue weighted by Crippen LogP contribution is 2.53. The Kier molecular flexibility index (Phi) is 3.90. The molecule has 0 radical (unpaired) electrons. The molecule has 0 unspecified atom stereocenters. The summed E-state index contributed by atoms with van der Waals surface area (Å²) in [6.07, 6.45) is 6.22. The molecular weight excluding hydrogens is 300 g/mol. The van der Waals surface area contributed by atoms with Crippen LogP contribution in [0.3, 0.4) is 0 Å². The largest absolute Gasteiger partial charge is 0.507 e. The van der Waals surface area contributed by atoms with E-state index < -0.39 is 6.85 Å². The molecular formula is C21H30O3. The maximum absolute atomic E-state index is 10.7. The van der Waals surface area contributed by atoms with Crippen LogP contribution in [0.5, 0.6) is 11.5 Å². The van der Waals surface area contributed by atoms with Gasteiger partial charge in [-0.3, -0.25) is 0 Å². The molecule has 0 spiro atoms. The van der Waals surface area contributed by atoms with Gasteiger partial charge in [-0.2, -0.15) is 0 Å². The van der Waals surface area contributed by atoms with Gasteiger partial charge >= 0.3 is 0 Å². The second-order valence-corrected chi connectivity index (χ2v) is 7.59. The minimum absolute atomic E-state index is 0.0456. The Hall–Kier alpha value is -1.48. The summed E-state index contributed by atoms with van der Waals surface area (Å²) in [5.41, 5.74) is 2.46. The average Bonchev–Trinajstić information content (AvgIpc) is 2.56. The van der Waals surface area contributed by atoms with Gasteiger partial charge in [0.25, 0.3) is 0 Å². The predicted octanol–water partition coefficient (Wildman–Crippen LogP) is 4.71. The molecule has 1 aromatic carbocycles. The molecule has 3 nitrogen and oxygen atoms in total. The van der Waals surface area contributed by atoms with E-state index in [0.717, 1.165) is 36.0 Å². The van der Waals surface area contributed by atoms with Crippen LogP contribution in [0.25, 0.3) is 0 Å². The molecule has 1 aromatic rings. The fourth-order valence-corrected chi connectivity index (χ4v) is 4.21. The van der Waals surface area contributed by atoms with Crippen molar-refractivity contribution < 1.29 is 19.1 Å². The van der Waals surface area contributed by atoms with Crippen molar-refractivity contribution in [1.29, 1.82) is 0 Å². The molecule has 0 saturated carbocycles. The second kappa shape index (κ2) is 6.79. The molecule has 2 N–H and O–H groups in total. The van der Waals surface area contributed by atoms with E-state index in [-0.39, 0.29) is 36.2 Å². The number of aromatic hydroxyl groups is 1. The molecule has 2 aliphatic rings. The summed E-state index contributed by atoms with van der Waals surface area (Å²) in [6.45, 7) is 2.36.